The van der Waals surface area contributed by atoms with Crippen LogP contribution in [0.3, 0.4) is 0 Å². The predicted molar refractivity (Wildman–Crippen MR) is 87.7 cm³/mol. The summed E-state index contributed by atoms with van der Waals surface area (Å²) in [7, 11) is 0. The molecule has 4 heterocycles. The average molecular weight is 320 g/mol. The van der Waals surface area contributed by atoms with Crippen LogP contribution in [0.2, 0.25) is 0 Å². The lowest BCUT2D eigenvalue weighted by Gasteiger charge is -2.29. The number of morpholine rings is 1. The van der Waals surface area contributed by atoms with E-state index in [1.54, 1.807) is 17.7 Å². The van der Waals surface area contributed by atoms with Gasteiger partial charge in [-0.1, -0.05) is 11.3 Å². The van der Waals surface area contributed by atoms with Crippen LogP contribution in [-0.4, -0.2) is 60.4 Å². The Balaban J connectivity index is 1.65. The van der Waals surface area contributed by atoms with Gasteiger partial charge in [0.1, 0.15) is 11.8 Å². The highest BCUT2D eigenvalue weighted by atomic mass is 32.1. The molecule has 0 atom stereocenters. The van der Waals surface area contributed by atoms with E-state index < -0.39 is 0 Å². The number of fused-ring (bicyclic) bond motifs is 1. The quantitative estimate of drug-likeness (QED) is 0.878. The minimum absolute atomic E-state index is 0.328. The molecule has 0 radical (unpaired) electrons. The van der Waals surface area contributed by atoms with Crippen molar-refractivity contribution < 1.29 is 4.74 Å². The van der Waals surface area contributed by atoms with E-state index in [0.717, 1.165) is 73.5 Å². The van der Waals surface area contributed by atoms with Crippen molar-refractivity contribution in [2.24, 2.45) is 5.73 Å². The first-order chi connectivity index (χ1) is 10.8. The molecule has 7 nitrogen and oxygen atoms in total. The normalized spacial score (nSPS) is 20.8. The topological polar surface area (TPSA) is 80.4 Å². The summed E-state index contributed by atoms with van der Waals surface area (Å²) in [6.07, 6.45) is 3.69. The van der Waals surface area contributed by atoms with Crippen molar-refractivity contribution in [3.8, 4) is 0 Å². The fourth-order valence-electron chi connectivity index (χ4n) is 2.96. The van der Waals surface area contributed by atoms with Crippen molar-refractivity contribution in [1.29, 1.82) is 0 Å². The Morgan fingerprint density at radius 3 is 2.64 bits per heavy atom. The minimum Gasteiger partial charge on any atom is -0.378 e. The fourth-order valence-corrected chi connectivity index (χ4v) is 3.92. The van der Waals surface area contributed by atoms with Crippen molar-refractivity contribution in [1.82, 2.24) is 15.0 Å². The van der Waals surface area contributed by atoms with Crippen LogP contribution < -0.4 is 15.5 Å². The molecular formula is C14H20N6OS. The van der Waals surface area contributed by atoms with Gasteiger partial charge in [0.25, 0.3) is 0 Å². The Hall–Kier alpha value is -1.51. The van der Waals surface area contributed by atoms with Gasteiger partial charge in [0.15, 0.2) is 15.8 Å². The average Bonchev–Trinajstić information content (AvgIpc) is 3.00. The highest BCUT2D eigenvalue weighted by Crippen LogP contribution is 2.33. The van der Waals surface area contributed by atoms with E-state index in [1.807, 2.05) is 0 Å². The molecule has 0 bridgehead atoms. The number of nitrogens with two attached hydrogens (primary N) is 1. The molecule has 22 heavy (non-hydrogen) atoms. The SMILES string of the molecule is NC1CCN(c2nc3c(N4CCOCC4)ncnc3s2)CC1. The molecule has 0 aliphatic carbocycles. The van der Waals surface area contributed by atoms with Crippen molar-refractivity contribution in [3.63, 3.8) is 0 Å². The Kier molecular flexibility index (Phi) is 3.81. The number of hydrogen-bond donors (Lipinski definition) is 1. The number of aromatic nitrogens is 3. The molecule has 2 aromatic heterocycles. The molecular weight excluding hydrogens is 300 g/mol. The van der Waals surface area contributed by atoms with E-state index in [2.05, 4.69) is 19.8 Å². The molecule has 2 aliphatic heterocycles. The van der Waals surface area contributed by atoms with Gasteiger partial charge in [-0.2, -0.15) is 0 Å². The first-order valence-corrected chi connectivity index (χ1v) is 8.57. The molecule has 0 unspecified atom stereocenters. The van der Waals surface area contributed by atoms with Gasteiger partial charge in [0, 0.05) is 32.2 Å². The van der Waals surface area contributed by atoms with Crippen molar-refractivity contribution in [3.05, 3.63) is 6.33 Å². The number of piperidine rings is 1. The largest absolute Gasteiger partial charge is 0.378 e. The number of nitrogens with zero attached hydrogens (tertiary/aromatic N) is 5. The van der Waals surface area contributed by atoms with E-state index in [1.165, 1.54) is 0 Å². The summed E-state index contributed by atoms with van der Waals surface area (Å²) in [6, 6.07) is 0.328. The smallest absolute Gasteiger partial charge is 0.188 e. The van der Waals surface area contributed by atoms with Crippen LogP contribution in [0.1, 0.15) is 12.8 Å². The van der Waals surface area contributed by atoms with E-state index in [4.69, 9.17) is 15.5 Å². The lowest BCUT2D eigenvalue weighted by atomic mass is 10.1. The van der Waals surface area contributed by atoms with Gasteiger partial charge in [-0.15, -0.1) is 0 Å². The molecule has 2 aliphatic rings. The van der Waals surface area contributed by atoms with E-state index >= 15 is 0 Å². The van der Waals surface area contributed by atoms with E-state index in [-0.39, 0.29) is 0 Å². The summed E-state index contributed by atoms with van der Waals surface area (Å²) in [5, 5.41) is 1.04. The van der Waals surface area contributed by atoms with Gasteiger partial charge in [0.05, 0.1) is 13.2 Å². The number of ether oxygens (including phenoxy) is 1. The van der Waals surface area contributed by atoms with Gasteiger partial charge in [-0.05, 0) is 12.8 Å². The van der Waals surface area contributed by atoms with Crippen LogP contribution in [0.25, 0.3) is 10.3 Å². The van der Waals surface area contributed by atoms with E-state index in [0.29, 0.717) is 6.04 Å². The number of hydrogen-bond acceptors (Lipinski definition) is 8. The van der Waals surface area contributed by atoms with Crippen LogP contribution in [0.5, 0.6) is 0 Å². The second-order valence-corrected chi connectivity index (χ2v) is 6.73. The zero-order valence-corrected chi connectivity index (χ0v) is 13.3. The molecule has 2 aromatic rings. The number of anilines is 2. The molecule has 0 saturated carbocycles. The third-order valence-corrected chi connectivity index (χ3v) is 5.31. The standard InChI is InChI=1S/C14H20N6OS/c15-10-1-3-20(4-2-10)14-18-11-12(16-9-17-13(11)22-14)19-5-7-21-8-6-19/h9-10H,1-8,15H2. The molecule has 0 spiro atoms. The molecule has 2 fully saturated rings. The molecule has 0 aromatic carbocycles. The zero-order chi connectivity index (χ0) is 14.9. The Morgan fingerprint density at radius 2 is 1.86 bits per heavy atom. The van der Waals surface area contributed by atoms with Gasteiger partial charge >= 0.3 is 0 Å². The first-order valence-electron chi connectivity index (χ1n) is 7.76. The van der Waals surface area contributed by atoms with Crippen LogP contribution in [0, 0.1) is 0 Å². The molecule has 2 saturated heterocycles. The van der Waals surface area contributed by atoms with Crippen molar-refractivity contribution >= 4 is 32.6 Å². The van der Waals surface area contributed by atoms with Crippen LogP contribution in [-0.2, 0) is 4.74 Å². The summed E-state index contributed by atoms with van der Waals surface area (Å²) in [4.78, 5) is 19.2. The Morgan fingerprint density at radius 1 is 1.09 bits per heavy atom. The summed E-state index contributed by atoms with van der Waals surface area (Å²) < 4.78 is 5.42. The second kappa shape index (κ2) is 5.94. The monoisotopic (exact) mass is 320 g/mol. The minimum atomic E-state index is 0.328. The molecule has 8 heteroatoms. The van der Waals surface area contributed by atoms with Gasteiger partial charge in [-0.3, -0.25) is 0 Å². The lowest BCUT2D eigenvalue weighted by Crippen LogP contribution is -2.39. The summed E-state index contributed by atoms with van der Waals surface area (Å²) in [5.74, 6) is 0.935. The van der Waals surface area contributed by atoms with Crippen molar-refractivity contribution in [2.45, 2.75) is 18.9 Å². The first kappa shape index (κ1) is 14.1. The maximum Gasteiger partial charge on any atom is 0.188 e. The highest BCUT2D eigenvalue weighted by molar-refractivity contribution is 7.21. The summed E-state index contributed by atoms with van der Waals surface area (Å²) >= 11 is 1.65. The Bertz CT molecular complexity index is 648. The molecule has 0 amide bonds. The van der Waals surface area contributed by atoms with Gasteiger partial charge in [-0.25, -0.2) is 15.0 Å². The maximum absolute atomic E-state index is 5.99. The van der Waals surface area contributed by atoms with Crippen LogP contribution in [0.4, 0.5) is 10.9 Å². The summed E-state index contributed by atoms with van der Waals surface area (Å²) in [6.45, 7) is 5.15. The third-order valence-electron chi connectivity index (χ3n) is 4.29. The summed E-state index contributed by atoms with van der Waals surface area (Å²) in [5.41, 5.74) is 6.90. The fraction of sp³-hybridized carbons (Fsp3) is 0.643. The highest BCUT2D eigenvalue weighted by Gasteiger charge is 2.22. The maximum atomic E-state index is 5.99. The number of thiazole rings is 1. The van der Waals surface area contributed by atoms with Crippen molar-refractivity contribution in [2.75, 3.05) is 49.2 Å². The van der Waals surface area contributed by atoms with Gasteiger partial charge in [0.2, 0.25) is 0 Å². The third kappa shape index (κ3) is 2.62. The molecule has 4 rings (SSSR count). The zero-order valence-electron chi connectivity index (χ0n) is 12.4. The number of rotatable bonds is 2. The molecule has 118 valence electrons. The van der Waals surface area contributed by atoms with Gasteiger partial charge < -0.3 is 20.3 Å². The Labute approximate surface area is 133 Å². The predicted octanol–water partition coefficient (Wildman–Crippen LogP) is 0.850. The van der Waals surface area contributed by atoms with Crippen LogP contribution in [0.15, 0.2) is 6.33 Å². The second-order valence-electron chi connectivity index (χ2n) is 5.77. The van der Waals surface area contributed by atoms with Crippen LogP contribution >= 0.6 is 11.3 Å². The lowest BCUT2D eigenvalue weighted by molar-refractivity contribution is 0.122. The van der Waals surface area contributed by atoms with E-state index in [9.17, 15) is 0 Å². The molecule has 2 N–H and O–H groups in total.